The fraction of sp³-hybridized carbons (Fsp3) is 0.480. The molecule has 28 heavy (non-hydrogen) atoms. The number of fused-ring (bicyclic) bond motifs is 1. The van der Waals surface area contributed by atoms with Crippen LogP contribution in [-0.2, 0) is 17.8 Å². The van der Waals surface area contributed by atoms with Gasteiger partial charge in [0.15, 0.2) is 0 Å². The van der Waals surface area contributed by atoms with Gasteiger partial charge in [-0.1, -0.05) is 50.6 Å². The van der Waals surface area contributed by atoms with E-state index in [0.717, 1.165) is 37.2 Å². The molecule has 0 saturated heterocycles. The van der Waals surface area contributed by atoms with E-state index in [-0.39, 0.29) is 11.3 Å². The summed E-state index contributed by atoms with van der Waals surface area (Å²) in [6.45, 7) is 14.7. The molecule has 3 rings (SSSR count). The van der Waals surface area contributed by atoms with E-state index in [4.69, 9.17) is 0 Å². The summed E-state index contributed by atoms with van der Waals surface area (Å²) in [4.78, 5) is 15.0. The van der Waals surface area contributed by atoms with Gasteiger partial charge >= 0.3 is 0 Å². The molecule has 3 nitrogen and oxygen atoms in total. The summed E-state index contributed by atoms with van der Waals surface area (Å²) in [7, 11) is 0. The fourth-order valence-electron chi connectivity index (χ4n) is 4.10. The third-order valence-corrected chi connectivity index (χ3v) is 5.53. The zero-order valence-electron chi connectivity index (χ0n) is 18.3. The molecule has 0 radical (unpaired) electrons. The number of nitrogens with one attached hydrogen (secondary N) is 1. The molecule has 150 valence electrons. The molecular formula is C25H34N2O. The number of rotatable bonds is 4. The highest BCUT2D eigenvalue weighted by atomic mass is 16.1. The molecule has 0 bridgehead atoms. The van der Waals surface area contributed by atoms with Crippen LogP contribution in [0.15, 0.2) is 30.3 Å². The Kier molecular flexibility index (Phi) is 5.83. The monoisotopic (exact) mass is 378 g/mol. The van der Waals surface area contributed by atoms with Crippen LogP contribution in [0.25, 0.3) is 0 Å². The first-order chi connectivity index (χ1) is 13.1. The molecule has 3 heteroatoms. The largest absolute Gasteiger partial charge is 0.367 e. The average Bonchev–Trinajstić information content (AvgIpc) is 2.60. The first-order valence-electron chi connectivity index (χ1n) is 10.4. The third kappa shape index (κ3) is 4.76. The van der Waals surface area contributed by atoms with Gasteiger partial charge in [-0.3, -0.25) is 4.79 Å². The zero-order valence-corrected chi connectivity index (χ0v) is 18.3. The lowest BCUT2D eigenvalue weighted by Gasteiger charge is -2.34. The van der Waals surface area contributed by atoms with E-state index in [9.17, 15) is 4.79 Å². The number of carbonyl (C=O) groups is 1. The molecule has 0 unspecified atom stereocenters. The molecule has 1 amide bonds. The summed E-state index contributed by atoms with van der Waals surface area (Å²) < 4.78 is 0. The number of anilines is 2. The highest BCUT2D eigenvalue weighted by Gasteiger charge is 2.23. The second-order valence-electron chi connectivity index (χ2n) is 9.49. The first kappa shape index (κ1) is 20.4. The lowest BCUT2D eigenvalue weighted by Crippen LogP contribution is -2.30. The van der Waals surface area contributed by atoms with Crippen LogP contribution < -0.4 is 10.2 Å². The van der Waals surface area contributed by atoms with Gasteiger partial charge in [-0.25, -0.2) is 0 Å². The van der Waals surface area contributed by atoms with E-state index in [1.807, 2.05) is 0 Å². The standard InChI is InChI=1S/C25H34N2O/c1-17-9-11-20(12-10-17)16-27-13-7-8-21-19(3)24(18(2)14-22(21)27)26-23(28)15-25(4,5)6/h9-12,14H,7-8,13,15-16H2,1-6H3,(H,26,28). The molecule has 2 aromatic carbocycles. The van der Waals surface area contributed by atoms with Crippen LogP contribution in [0.3, 0.4) is 0 Å². The minimum atomic E-state index is -0.00899. The van der Waals surface area contributed by atoms with Crippen LogP contribution in [-0.4, -0.2) is 12.5 Å². The fourth-order valence-corrected chi connectivity index (χ4v) is 4.10. The van der Waals surface area contributed by atoms with Gasteiger partial charge in [-0.2, -0.15) is 0 Å². The molecule has 0 spiro atoms. The SMILES string of the molecule is Cc1ccc(CN2CCCc3c2cc(C)c(NC(=O)CC(C)(C)C)c3C)cc1. The van der Waals surface area contributed by atoms with Gasteiger partial charge in [0.05, 0.1) is 0 Å². The van der Waals surface area contributed by atoms with Gasteiger partial charge < -0.3 is 10.2 Å². The van der Waals surface area contributed by atoms with Crippen molar-refractivity contribution in [2.75, 3.05) is 16.8 Å². The van der Waals surface area contributed by atoms with Gasteiger partial charge in [0.2, 0.25) is 5.91 Å². The van der Waals surface area contributed by atoms with E-state index in [0.29, 0.717) is 6.42 Å². The maximum atomic E-state index is 12.5. The Balaban J connectivity index is 1.87. The summed E-state index contributed by atoms with van der Waals surface area (Å²) in [6.07, 6.45) is 2.76. The Hall–Kier alpha value is -2.29. The molecule has 0 atom stereocenters. The number of benzene rings is 2. The topological polar surface area (TPSA) is 32.3 Å². The van der Waals surface area contributed by atoms with Gasteiger partial charge in [-0.05, 0) is 67.3 Å². The third-order valence-electron chi connectivity index (χ3n) is 5.53. The smallest absolute Gasteiger partial charge is 0.224 e. The van der Waals surface area contributed by atoms with Crippen molar-refractivity contribution in [2.24, 2.45) is 5.41 Å². The number of aryl methyl sites for hydroxylation is 2. The molecule has 1 N–H and O–H groups in total. The quantitative estimate of drug-likeness (QED) is 0.714. The average molecular weight is 379 g/mol. The lowest BCUT2D eigenvalue weighted by molar-refractivity contribution is -0.117. The van der Waals surface area contributed by atoms with Crippen LogP contribution in [0, 0.1) is 26.2 Å². The highest BCUT2D eigenvalue weighted by molar-refractivity contribution is 5.93. The zero-order chi connectivity index (χ0) is 20.5. The molecule has 1 heterocycles. The Morgan fingerprint density at radius 3 is 2.43 bits per heavy atom. The summed E-state index contributed by atoms with van der Waals surface area (Å²) in [5, 5.41) is 3.20. The molecule has 0 saturated carbocycles. The summed E-state index contributed by atoms with van der Waals surface area (Å²) in [5.74, 6) is 0.103. The number of hydrogen-bond acceptors (Lipinski definition) is 2. The second-order valence-corrected chi connectivity index (χ2v) is 9.49. The minimum Gasteiger partial charge on any atom is -0.367 e. The molecule has 0 fully saturated rings. The predicted octanol–water partition coefficient (Wildman–Crippen LogP) is 5.94. The number of amides is 1. The Morgan fingerprint density at radius 1 is 1.11 bits per heavy atom. The van der Waals surface area contributed by atoms with Gasteiger partial charge in [0.1, 0.15) is 0 Å². The summed E-state index contributed by atoms with van der Waals surface area (Å²) in [5.41, 5.74) is 8.72. The molecule has 1 aliphatic heterocycles. The number of carbonyl (C=O) groups excluding carboxylic acids is 1. The molecule has 0 aliphatic carbocycles. The van der Waals surface area contributed by atoms with Crippen LogP contribution in [0.4, 0.5) is 11.4 Å². The van der Waals surface area contributed by atoms with Gasteiger partial charge in [0.25, 0.3) is 0 Å². The van der Waals surface area contributed by atoms with Crippen molar-refractivity contribution < 1.29 is 4.79 Å². The summed E-state index contributed by atoms with van der Waals surface area (Å²) in [6, 6.07) is 11.1. The first-order valence-corrected chi connectivity index (χ1v) is 10.4. The minimum absolute atomic E-state index is 0.00899. The van der Waals surface area contributed by atoms with Crippen LogP contribution in [0.5, 0.6) is 0 Å². The molecule has 2 aromatic rings. The van der Waals surface area contributed by atoms with Crippen LogP contribution in [0.2, 0.25) is 0 Å². The van der Waals surface area contributed by atoms with Crippen molar-refractivity contribution in [1.82, 2.24) is 0 Å². The molecular weight excluding hydrogens is 344 g/mol. The number of nitrogens with zero attached hydrogens (tertiary/aromatic N) is 1. The van der Waals surface area contributed by atoms with Crippen molar-refractivity contribution in [2.45, 2.75) is 67.3 Å². The van der Waals surface area contributed by atoms with E-state index < -0.39 is 0 Å². The predicted molar refractivity (Wildman–Crippen MR) is 119 cm³/mol. The van der Waals surface area contributed by atoms with Crippen molar-refractivity contribution in [3.63, 3.8) is 0 Å². The normalized spacial score (nSPS) is 14.0. The van der Waals surface area contributed by atoms with Gasteiger partial charge in [0, 0.05) is 30.9 Å². The Bertz CT molecular complexity index is 860. The van der Waals surface area contributed by atoms with Crippen molar-refractivity contribution in [1.29, 1.82) is 0 Å². The second kappa shape index (κ2) is 7.98. The molecule has 1 aliphatic rings. The van der Waals surface area contributed by atoms with Crippen molar-refractivity contribution in [3.8, 4) is 0 Å². The molecule has 0 aromatic heterocycles. The van der Waals surface area contributed by atoms with Crippen LogP contribution in [0.1, 0.15) is 61.4 Å². The van der Waals surface area contributed by atoms with E-state index in [2.05, 4.69) is 82.1 Å². The highest BCUT2D eigenvalue weighted by Crippen LogP contribution is 2.37. The Morgan fingerprint density at radius 2 is 1.79 bits per heavy atom. The van der Waals surface area contributed by atoms with Crippen molar-refractivity contribution in [3.05, 3.63) is 58.1 Å². The lowest BCUT2D eigenvalue weighted by atomic mass is 9.90. The van der Waals surface area contributed by atoms with Crippen LogP contribution >= 0.6 is 0 Å². The Labute approximate surface area is 170 Å². The van der Waals surface area contributed by atoms with Crippen molar-refractivity contribution >= 4 is 17.3 Å². The maximum absolute atomic E-state index is 12.5. The maximum Gasteiger partial charge on any atom is 0.224 e. The number of hydrogen-bond donors (Lipinski definition) is 1. The van der Waals surface area contributed by atoms with E-state index >= 15 is 0 Å². The van der Waals surface area contributed by atoms with E-state index in [1.54, 1.807) is 0 Å². The van der Waals surface area contributed by atoms with E-state index in [1.165, 1.54) is 27.9 Å². The summed E-state index contributed by atoms with van der Waals surface area (Å²) >= 11 is 0. The van der Waals surface area contributed by atoms with Gasteiger partial charge in [-0.15, -0.1) is 0 Å².